The fourth-order valence-electron chi connectivity index (χ4n) is 3.24. The summed E-state index contributed by atoms with van der Waals surface area (Å²) in [5, 5.41) is 0. The first kappa shape index (κ1) is 13.4. The second-order valence-electron chi connectivity index (χ2n) is 6.12. The van der Waals surface area contributed by atoms with Gasteiger partial charge in [-0.2, -0.15) is 0 Å². The van der Waals surface area contributed by atoms with Crippen molar-refractivity contribution in [3.63, 3.8) is 0 Å². The van der Waals surface area contributed by atoms with Gasteiger partial charge in [0.1, 0.15) is 0 Å². The molecule has 1 atom stereocenters. The van der Waals surface area contributed by atoms with E-state index in [1.165, 1.54) is 12.8 Å². The number of likely N-dealkylation sites (tertiary alicyclic amines) is 1. The van der Waals surface area contributed by atoms with Crippen LogP contribution in [0.3, 0.4) is 0 Å². The molecule has 4 nitrogen and oxygen atoms in total. The van der Waals surface area contributed by atoms with Gasteiger partial charge in [-0.3, -0.25) is 9.78 Å². The minimum Gasteiger partial charge on any atom is -0.370 e. The second-order valence-corrected chi connectivity index (χ2v) is 6.12. The Balaban J connectivity index is 1.76. The number of pyridine rings is 1. The Bertz CT molecular complexity index is 482. The molecule has 1 unspecified atom stereocenters. The van der Waals surface area contributed by atoms with E-state index >= 15 is 0 Å². The zero-order chi connectivity index (χ0) is 13.9. The summed E-state index contributed by atoms with van der Waals surface area (Å²) in [5.41, 5.74) is 1.84. The highest BCUT2D eigenvalue weighted by Gasteiger charge is 2.22. The van der Waals surface area contributed by atoms with E-state index in [0.717, 1.165) is 56.2 Å². The van der Waals surface area contributed by atoms with E-state index in [1.54, 1.807) is 6.20 Å². The standard InChI is InChI=1S/C16H23N3O/c1-13-5-4-8-19(12-13)15-9-14(10-17-11-15)16(20)18-6-2-3-7-18/h9-11,13H,2-8,12H2,1H3. The zero-order valence-electron chi connectivity index (χ0n) is 12.2. The number of hydrogen-bond donors (Lipinski definition) is 0. The summed E-state index contributed by atoms with van der Waals surface area (Å²) in [6.07, 6.45) is 8.38. The molecule has 0 N–H and O–H groups in total. The van der Waals surface area contributed by atoms with Gasteiger partial charge in [-0.15, -0.1) is 0 Å². The van der Waals surface area contributed by atoms with Gasteiger partial charge in [0.2, 0.25) is 0 Å². The number of aromatic nitrogens is 1. The molecule has 0 aliphatic carbocycles. The average molecular weight is 273 g/mol. The molecular formula is C16H23N3O. The number of rotatable bonds is 2. The quantitative estimate of drug-likeness (QED) is 0.831. The largest absolute Gasteiger partial charge is 0.370 e. The number of carbonyl (C=O) groups excluding carboxylic acids is 1. The third kappa shape index (κ3) is 2.79. The van der Waals surface area contributed by atoms with Crippen LogP contribution in [0.4, 0.5) is 5.69 Å². The van der Waals surface area contributed by atoms with E-state index < -0.39 is 0 Å². The van der Waals surface area contributed by atoms with Crippen LogP contribution < -0.4 is 4.90 Å². The van der Waals surface area contributed by atoms with Gasteiger partial charge in [0.15, 0.2) is 0 Å². The predicted molar refractivity (Wildman–Crippen MR) is 80.0 cm³/mol. The fourth-order valence-corrected chi connectivity index (χ4v) is 3.24. The smallest absolute Gasteiger partial charge is 0.255 e. The summed E-state index contributed by atoms with van der Waals surface area (Å²) in [6, 6.07) is 2.02. The van der Waals surface area contributed by atoms with Gasteiger partial charge >= 0.3 is 0 Å². The first-order valence-corrected chi connectivity index (χ1v) is 7.73. The summed E-state index contributed by atoms with van der Waals surface area (Å²) in [6.45, 7) is 6.23. The first-order valence-electron chi connectivity index (χ1n) is 7.73. The molecule has 0 bridgehead atoms. The van der Waals surface area contributed by atoms with Crippen molar-refractivity contribution in [2.75, 3.05) is 31.1 Å². The molecule has 3 heterocycles. The Hall–Kier alpha value is -1.58. The topological polar surface area (TPSA) is 36.4 Å². The fraction of sp³-hybridized carbons (Fsp3) is 0.625. The maximum atomic E-state index is 12.4. The van der Waals surface area contributed by atoms with Crippen LogP contribution >= 0.6 is 0 Å². The van der Waals surface area contributed by atoms with Crippen molar-refractivity contribution in [2.45, 2.75) is 32.6 Å². The summed E-state index contributed by atoms with van der Waals surface area (Å²) in [7, 11) is 0. The van der Waals surface area contributed by atoms with Gasteiger partial charge in [-0.1, -0.05) is 6.92 Å². The summed E-state index contributed by atoms with van der Waals surface area (Å²) >= 11 is 0. The third-order valence-corrected chi connectivity index (χ3v) is 4.39. The van der Waals surface area contributed by atoms with Crippen molar-refractivity contribution < 1.29 is 4.79 Å². The second kappa shape index (κ2) is 5.81. The van der Waals surface area contributed by atoms with E-state index in [2.05, 4.69) is 16.8 Å². The van der Waals surface area contributed by atoms with Crippen molar-refractivity contribution in [3.05, 3.63) is 24.0 Å². The molecule has 1 amide bonds. The molecule has 2 aliphatic heterocycles. The van der Waals surface area contributed by atoms with Crippen LogP contribution in [-0.4, -0.2) is 42.0 Å². The molecule has 4 heteroatoms. The Kier molecular flexibility index (Phi) is 3.90. The van der Waals surface area contributed by atoms with Crippen molar-refractivity contribution in [1.29, 1.82) is 0 Å². The van der Waals surface area contributed by atoms with E-state index in [0.29, 0.717) is 0 Å². The van der Waals surface area contributed by atoms with E-state index in [4.69, 9.17) is 0 Å². The molecule has 3 rings (SSSR count). The third-order valence-electron chi connectivity index (χ3n) is 4.39. The molecule has 2 aliphatic rings. The van der Waals surface area contributed by atoms with Crippen LogP contribution in [0.2, 0.25) is 0 Å². The number of piperidine rings is 1. The highest BCUT2D eigenvalue weighted by molar-refractivity contribution is 5.94. The van der Waals surface area contributed by atoms with Gasteiger partial charge in [0.05, 0.1) is 17.4 Å². The van der Waals surface area contributed by atoms with E-state index in [-0.39, 0.29) is 5.91 Å². The molecule has 0 aromatic carbocycles. The summed E-state index contributed by atoms with van der Waals surface area (Å²) < 4.78 is 0. The first-order chi connectivity index (χ1) is 9.74. The van der Waals surface area contributed by atoms with Crippen LogP contribution in [0.5, 0.6) is 0 Å². The van der Waals surface area contributed by atoms with Crippen molar-refractivity contribution >= 4 is 11.6 Å². The van der Waals surface area contributed by atoms with Gasteiger partial charge in [0.25, 0.3) is 5.91 Å². The molecule has 108 valence electrons. The van der Waals surface area contributed by atoms with Gasteiger partial charge < -0.3 is 9.80 Å². The zero-order valence-corrected chi connectivity index (χ0v) is 12.2. The highest BCUT2D eigenvalue weighted by Crippen LogP contribution is 2.23. The molecule has 0 spiro atoms. The summed E-state index contributed by atoms with van der Waals surface area (Å²) in [4.78, 5) is 21.0. The summed E-state index contributed by atoms with van der Waals surface area (Å²) in [5.74, 6) is 0.864. The van der Waals surface area contributed by atoms with Crippen LogP contribution in [0, 0.1) is 5.92 Å². The normalized spacial score (nSPS) is 23.1. The number of nitrogens with zero attached hydrogens (tertiary/aromatic N) is 3. The Morgan fingerprint density at radius 3 is 2.75 bits per heavy atom. The van der Waals surface area contributed by atoms with Crippen molar-refractivity contribution in [3.8, 4) is 0 Å². The Morgan fingerprint density at radius 1 is 1.20 bits per heavy atom. The molecule has 0 radical (unpaired) electrons. The lowest BCUT2D eigenvalue weighted by Gasteiger charge is -2.32. The molecule has 2 saturated heterocycles. The number of carbonyl (C=O) groups is 1. The molecular weight excluding hydrogens is 250 g/mol. The van der Waals surface area contributed by atoms with E-state index in [9.17, 15) is 4.79 Å². The highest BCUT2D eigenvalue weighted by atomic mass is 16.2. The number of anilines is 1. The number of hydrogen-bond acceptors (Lipinski definition) is 3. The van der Waals surface area contributed by atoms with Gasteiger partial charge in [-0.05, 0) is 37.7 Å². The SMILES string of the molecule is CC1CCCN(c2cncc(C(=O)N3CCCC3)c2)C1. The lowest BCUT2D eigenvalue weighted by Crippen LogP contribution is -2.34. The van der Waals surface area contributed by atoms with E-state index in [1.807, 2.05) is 17.2 Å². The molecule has 2 fully saturated rings. The van der Waals surface area contributed by atoms with Gasteiger partial charge in [0, 0.05) is 32.4 Å². The monoisotopic (exact) mass is 273 g/mol. The maximum absolute atomic E-state index is 12.4. The maximum Gasteiger partial charge on any atom is 0.255 e. The lowest BCUT2D eigenvalue weighted by molar-refractivity contribution is 0.0792. The average Bonchev–Trinajstić information content (AvgIpc) is 3.01. The Morgan fingerprint density at radius 2 is 2.00 bits per heavy atom. The molecule has 1 aromatic heterocycles. The minimum atomic E-state index is 0.141. The van der Waals surface area contributed by atoms with Crippen LogP contribution in [0.1, 0.15) is 43.0 Å². The molecule has 0 saturated carbocycles. The van der Waals surface area contributed by atoms with Crippen LogP contribution in [0.15, 0.2) is 18.5 Å². The van der Waals surface area contributed by atoms with Crippen LogP contribution in [0.25, 0.3) is 0 Å². The molecule has 20 heavy (non-hydrogen) atoms. The number of amides is 1. The van der Waals surface area contributed by atoms with Gasteiger partial charge in [-0.25, -0.2) is 0 Å². The lowest BCUT2D eigenvalue weighted by atomic mass is 10.00. The minimum absolute atomic E-state index is 0.141. The van der Waals surface area contributed by atoms with Crippen molar-refractivity contribution in [1.82, 2.24) is 9.88 Å². The van der Waals surface area contributed by atoms with Crippen molar-refractivity contribution in [2.24, 2.45) is 5.92 Å². The molecule has 1 aromatic rings. The Labute approximate surface area is 120 Å². The van der Waals surface area contributed by atoms with Crippen LogP contribution in [-0.2, 0) is 0 Å². The predicted octanol–water partition coefficient (Wildman–Crippen LogP) is 2.55.